The zero-order valence-electron chi connectivity index (χ0n) is 6.32. The molecule has 1 aromatic heterocycles. The van der Waals surface area contributed by atoms with Crippen LogP contribution >= 0.6 is 0 Å². The molecule has 3 nitrogen and oxygen atoms in total. The number of H-pyrrole nitrogens is 1. The van der Waals surface area contributed by atoms with E-state index in [1.807, 2.05) is 30.3 Å². The molecule has 1 heterocycles. The summed E-state index contributed by atoms with van der Waals surface area (Å²) in [6, 6.07) is 11.3. The summed E-state index contributed by atoms with van der Waals surface area (Å²) in [7, 11) is 0. The molecule has 12 heavy (non-hydrogen) atoms. The third-order valence-corrected chi connectivity index (χ3v) is 1.52. The maximum absolute atomic E-state index is 5.10. The molecule has 3 heteroatoms. The van der Waals surface area contributed by atoms with E-state index < -0.39 is 0 Å². The molecule has 0 aliphatic rings. The summed E-state index contributed by atoms with van der Waals surface area (Å²) < 4.78 is 5.10. The lowest BCUT2D eigenvalue weighted by Crippen LogP contribution is -1.74. The first kappa shape index (κ1) is 6.91. The van der Waals surface area contributed by atoms with Gasteiger partial charge >= 0.3 is 0 Å². The van der Waals surface area contributed by atoms with Gasteiger partial charge in [-0.2, -0.15) is 0 Å². The van der Waals surface area contributed by atoms with E-state index in [9.17, 15) is 0 Å². The Balaban J connectivity index is 2.83. The molecule has 2 aromatic rings. The molecule has 0 amide bonds. The van der Waals surface area contributed by atoms with Gasteiger partial charge < -0.3 is 4.52 Å². The lowest BCUT2D eigenvalue weighted by atomic mass is 10.2. The van der Waals surface area contributed by atoms with Crippen molar-refractivity contribution in [2.45, 2.75) is 0 Å². The molecular weight excluding hydrogens is 152 g/mol. The van der Waals surface area contributed by atoms with Crippen molar-refractivity contribution in [1.82, 2.24) is 10.4 Å². The second-order valence-corrected chi connectivity index (χ2v) is 2.31. The Labute approximate surface area is 69.3 Å². The molecule has 0 unspecified atom stereocenters. The van der Waals surface area contributed by atoms with Crippen LogP contribution in [0.1, 0.15) is 0 Å². The quantitative estimate of drug-likeness (QED) is 0.639. The van der Waals surface area contributed by atoms with Crippen LogP contribution in [0.3, 0.4) is 0 Å². The van der Waals surface area contributed by atoms with Crippen molar-refractivity contribution in [3.05, 3.63) is 42.6 Å². The summed E-state index contributed by atoms with van der Waals surface area (Å²) in [4.78, 5) is 0. The minimum Gasteiger partial charge on any atom is -0.365 e. The van der Waals surface area contributed by atoms with E-state index in [1.165, 1.54) is 0 Å². The Kier molecular flexibility index (Phi) is 1.78. The molecule has 0 aliphatic carbocycles. The highest BCUT2D eigenvalue weighted by molar-refractivity contribution is 5.74. The van der Waals surface area contributed by atoms with E-state index in [0.717, 1.165) is 11.0 Å². The van der Waals surface area contributed by atoms with Crippen LogP contribution in [0.25, 0.3) is 11.0 Å². The van der Waals surface area contributed by atoms with Crippen molar-refractivity contribution in [3.8, 4) is 0 Å². The second kappa shape index (κ2) is 3.09. The number of hydrogen-bond acceptors (Lipinski definition) is 2. The van der Waals surface area contributed by atoms with Gasteiger partial charge in [0, 0.05) is 5.39 Å². The molecule has 0 atom stereocenters. The van der Waals surface area contributed by atoms with E-state index >= 15 is 0 Å². The van der Waals surface area contributed by atoms with Crippen molar-refractivity contribution in [3.63, 3.8) is 0 Å². The molecule has 0 aliphatic heterocycles. The summed E-state index contributed by atoms with van der Waals surface area (Å²) in [6.07, 6.45) is 2.64. The third-order valence-electron chi connectivity index (χ3n) is 1.52. The van der Waals surface area contributed by atoms with Crippen LogP contribution in [0.15, 0.2) is 40.9 Å². The van der Waals surface area contributed by atoms with Crippen LogP contribution in [-0.2, 0) is 0 Å². The Hall–Kier alpha value is -1.77. The van der Waals surface area contributed by atoms with Gasteiger partial charge in [0.25, 0.3) is 0 Å². The van der Waals surface area contributed by atoms with Gasteiger partial charge in [-0.1, -0.05) is 18.2 Å². The number of hydrogen-bond donors (Lipinski definition) is 1. The van der Waals surface area contributed by atoms with Gasteiger partial charge in [0.15, 0.2) is 5.58 Å². The topological polar surface area (TPSA) is 41.8 Å². The van der Waals surface area contributed by atoms with Crippen LogP contribution in [0, 0.1) is 6.20 Å². The van der Waals surface area contributed by atoms with Crippen molar-refractivity contribution < 1.29 is 4.52 Å². The van der Waals surface area contributed by atoms with Gasteiger partial charge in [-0.05, 0) is 18.2 Å². The summed E-state index contributed by atoms with van der Waals surface area (Å²) >= 11 is 0. The van der Waals surface area contributed by atoms with Crippen molar-refractivity contribution >= 4 is 11.0 Å². The zero-order chi connectivity index (χ0) is 8.23. The zero-order valence-corrected chi connectivity index (χ0v) is 6.32. The van der Waals surface area contributed by atoms with E-state index in [1.54, 1.807) is 6.07 Å². The number of benzene rings is 1. The summed E-state index contributed by atoms with van der Waals surface area (Å²) in [5.74, 6) is 0. The van der Waals surface area contributed by atoms with E-state index in [2.05, 4.69) is 16.6 Å². The van der Waals surface area contributed by atoms with Gasteiger partial charge in [0.2, 0.25) is 0 Å². The predicted molar refractivity (Wildman–Crippen MR) is 44.8 cm³/mol. The van der Waals surface area contributed by atoms with E-state index in [-0.39, 0.29) is 0 Å². The van der Waals surface area contributed by atoms with Crippen LogP contribution in [0.4, 0.5) is 0 Å². The highest BCUT2D eigenvalue weighted by Gasteiger charge is 1.87. The van der Waals surface area contributed by atoms with E-state index in [4.69, 9.17) is 4.52 Å². The van der Waals surface area contributed by atoms with Crippen molar-refractivity contribution in [2.75, 3.05) is 0 Å². The van der Waals surface area contributed by atoms with Gasteiger partial charge in [0.1, 0.15) is 6.20 Å². The predicted octanol–water partition coefficient (Wildman–Crippen LogP) is 2.08. The fourth-order valence-corrected chi connectivity index (χ4v) is 0.974. The largest absolute Gasteiger partial charge is 0.365 e. The molecule has 0 spiro atoms. The van der Waals surface area contributed by atoms with Crippen molar-refractivity contribution in [1.29, 1.82) is 0 Å². The standard InChI is InChI=1S/C9H7N2O/c1-2-6-9-8(4-1)5-3-7-10-11-12-9/h1-6,11H. The van der Waals surface area contributed by atoms with Crippen LogP contribution < -0.4 is 0 Å². The maximum atomic E-state index is 5.10. The minimum atomic E-state index is 0.763. The molecule has 1 radical (unpaired) electrons. The fraction of sp³-hybridized carbons (Fsp3) is 0. The number of para-hydroxylation sites is 1. The van der Waals surface area contributed by atoms with E-state index in [0.29, 0.717) is 0 Å². The fourth-order valence-electron chi connectivity index (χ4n) is 0.974. The molecule has 0 bridgehead atoms. The molecule has 1 aromatic carbocycles. The Morgan fingerprint density at radius 3 is 3.17 bits per heavy atom. The highest BCUT2D eigenvalue weighted by Crippen LogP contribution is 2.08. The molecule has 59 valence electrons. The average molecular weight is 159 g/mol. The molecular formula is C9H7N2O. The first-order chi connectivity index (χ1) is 5.97. The lowest BCUT2D eigenvalue weighted by molar-refractivity contribution is 0.402. The number of nitrogens with one attached hydrogen (secondary N) is 1. The third kappa shape index (κ3) is 1.29. The number of fused-ring (bicyclic) bond motifs is 1. The maximum Gasteiger partial charge on any atom is 0.164 e. The Bertz CT molecular complexity index is 374. The first-order valence-corrected chi connectivity index (χ1v) is 3.59. The number of aromatic nitrogens is 2. The first-order valence-electron chi connectivity index (χ1n) is 3.59. The Morgan fingerprint density at radius 2 is 2.17 bits per heavy atom. The van der Waals surface area contributed by atoms with Crippen LogP contribution in [0.5, 0.6) is 0 Å². The minimum absolute atomic E-state index is 0.763. The highest BCUT2D eigenvalue weighted by atomic mass is 16.5. The van der Waals surface area contributed by atoms with Gasteiger partial charge in [0.05, 0.1) is 0 Å². The van der Waals surface area contributed by atoms with Crippen molar-refractivity contribution in [2.24, 2.45) is 0 Å². The molecule has 0 saturated carbocycles. The molecule has 2 rings (SSSR count). The number of aromatic amines is 1. The lowest BCUT2D eigenvalue weighted by Gasteiger charge is -1.89. The second-order valence-electron chi connectivity index (χ2n) is 2.31. The van der Waals surface area contributed by atoms with Gasteiger partial charge in [-0.3, -0.25) is 0 Å². The van der Waals surface area contributed by atoms with Crippen LogP contribution in [0.2, 0.25) is 0 Å². The van der Waals surface area contributed by atoms with Gasteiger partial charge in [-0.25, -0.2) is 0 Å². The molecule has 1 N–H and O–H groups in total. The summed E-state index contributed by atoms with van der Waals surface area (Å²) in [5.41, 5.74) is 0.763. The molecule has 0 fully saturated rings. The van der Waals surface area contributed by atoms with Gasteiger partial charge in [-0.15, -0.1) is 10.4 Å². The SMILES string of the molecule is [c]1ccc2ccccc2o[nH]n1. The average Bonchev–Trinajstić information content (AvgIpc) is 2.06. The number of nitrogens with zero attached hydrogens (tertiary/aromatic N) is 1. The smallest absolute Gasteiger partial charge is 0.164 e. The Morgan fingerprint density at radius 1 is 1.25 bits per heavy atom. The summed E-state index contributed by atoms with van der Waals surface area (Å²) in [5, 5.41) is 7.03. The molecule has 0 saturated heterocycles. The van der Waals surface area contributed by atoms with Crippen LogP contribution in [-0.4, -0.2) is 10.4 Å². The normalized spacial score (nSPS) is 9.67. The number of rotatable bonds is 0. The summed E-state index contributed by atoms with van der Waals surface area (Å²) in [6.45, 7) is 0. The monoisotopic (exact) mass is 159 g/mol.